The van der Waals surface area contributed by atoms with Gasteiger partial charge in [0.25, 0.3) is 0 Å². The van der Waals surface area contributed by atoms with Crippen molar-refractivity contribution in [2.24, 2.45) is 5.92 Å². The maximum atomic E-state index is 12.0. The summed E-state index contributed by atoms with van der Waals surface area (Å²) in [6.45, 7) is 1.32. The van der Waals surface area contributed by atoms with Gasteiger partial charge in [0.2, 0.25) is 0 Å². The zero-order chi connectivity index (χ0) is 11.2. The zero-order valence-corrected chi connectivity index (χ0v) is 10.0. The summed E-state index contributed by atoms with van der Waals surface area (Å²) in [7, 11) is 0. The van der Waals surface area contributed by atoms with Gasteiger partial charge in [0.1, 0.15) is 5.78 Å². The molecule has 2 nitrogen and oxygen atoms in total. The zero-order valence-electron chi connectivity index (χ0n) is 10.0. The second-order valence-corrected chi connectivity index (χ2v) is 4.97. The quantitative estimate of drug-likeness (QED) is 0.588. The molecule has 0 spiro atoms. The summed E-state index contributed by atoms with van der Waals surface area (Å²) >= 11 is 0. The van der Waals surface area contributed by atoms with Crippen LogP contribution >= 0.6 is 0 Å². The highest BCUT2D eigenvalue weighted by Gasteiger charge is 2.27. The molecule has 0 aromatic heterocycles. The van der Waals surface area contributed by atoms with Crippen LogP contribution in [0.1, 0.15) is 51.4 Å². The Hall–Kier alpha value is -0.630. The molecule has 1 saturated heterocycles. The fourth-order valence-corrected chi connectivity index (χ4v) is 2.62. The van der Waals surface area contributed by atoms with E-state index in [2.05, 4.69) is 6.08 Å². The minimum Gasteiger partial charge on any atom is -0.376 e. The van der Waals surface area contributed by atoms with E-state index in [0.717, 1.165) is 19.3 Å². The second kappa shape index (κ2) is 6.19. The molecule has 1 aliphatic carbocycles. The van der Waals surface area contributed by atoms with Gasteiger partial charge in [0.15, 0.2) is 0 Å². The Balaban J connectivity index is 1.98. The minimum atomic E-state index is 0.0967. The number of ketones is 1. The molecule has 0 aromatic rings. The van der Waals surface area contributed by atoms with Crippen LogP contribution in [0.15, 0.2) is 11.6 Å². The number of carbonyl (C=O) groups excluding carboxylic acids is 1. The molecule has 1 atom stereocenters. The van der Waals surface area contributed by atoms with E-state index in [1.807, 2.05) is 0 Å². The number of Topliss-reactive ketones (excluding diaryl/α,β-unsaturated/α-hetero) is 1. The summed E-state index contributed by atoms with van der Waals surface area (Å²) in [4.78, 5) is 12.0. The Morgan fingerprint density at radius 1 is 1.06 bits per heavy atom. The number of hydrogen-bond acceptors (Lipinski definition) is 2. The lowest BCUT2D eigenvalue weighted by Gasteiger charge is -2.10. The Morgan fingerprint density at radius 3 is 2.69 bits per heavy atom. The van der Waals surface area contributed by atoms with Crippen LogP contribution in [-0.4, -0.2) is 19.0 Å². The highest BCUT2D eigenvalue weighted by Crippen LogP contribution is 2.25. The molecule has 0 N–H and O–H groups in total. The van der Waals surface area contributed by atoms with Crippen LogP contribution in [0, 0.1) is 5.92 Å². The standard InChI is InChI=1S/C14H22O2/c15-14-9-7-5-3-1-2-4-6-8-12-10-16-11-13(12)14/h8,13H,1-7,9-11H2. The molecule has 2 heteroatoms. The van der Waals surface area contributed by atoms with E-state index < -0.39 is 0 Å². The molecule has 1 fully saturated rings. The third-order valence-corrected chi connectivity index (χ3v) is 3.67. The van der Waals surface area contributed by atoms with Crippen molar-refractivity contribution in [3.63, 3.8) is 0 Å². The molecule has 1 aliphatic heterocycles. The molecule has 2 aliphatic rings. The lowest BCUT2D eigenvalue weighted by molar-refractivity contribution is -0.122. The number of allylic oxidation sites excluding steroid dienone is 1. The van der Waals surface area contributed by atoms with Crippen molar-refractivity contribution in [3.8, 4) is 0 Å². The van der Waals surface area contributed by atoms with Gasteiger partial charge >= 0.3 is 0 Å². The number of fused-ring (bicyclic) bond motifs is 1. The van der Waals surface area contributed by atoms with Crippen molar-refractivity contribution >= 4 is 5.78 Å². The van der Waals surface area contributed by atoms with Crippen LogP contribution in [0.5, 0.6) is 0 Å². The van der Waals surface area contributed by atoms with Crippen LogP contribution in [0.2, 0.25) is 0 Å². The average Bonchev–Trinajstić information content (AvgIpc) is 2.73. The first-order valence-corrected chi connectivity index (χ1v) is 6.67. The monoisotopic (exact) mass is 222 g/mol. The molecule has 0 saturated carbocycles. The molecule has 0 radical (unpaired) electrons. The number of carbonyl (C=O) groups is 1. The van der Waals surface area contributed by atoms with Gasteiger partial charge in [-0.05, 0) is 24.8 Å². The first-order valence-electron chi connectivity index (χ1n) is 6.67. The maximum Gasteiger partial charge on any atom is 0.142 e. The van der Waals surface area contributed by atoms with Gasteiger partial charge in [-0.1, -0.05) is 31.8 Å². The molecular weight excluding hydrogens is 200 g/mol. The van der Waals surface area contributed by atoms with E-state index in [-0.39, 0.29) is 5.92 Å². The number of hydrogen-bond donors (Lipinski definition) is 0. The SMILES string of the molecule is O=C1CCCCCCCCC=C2COCC12. The Bertz CT molecular complexity index is 268. The highest BCUT2D eigenvalue weighted by molar-refractivity contribution is 5.84. The molecule has 0 amide bonds. The summed E-state index contributed by atoms with van der Waals surface area (Å²) in [5.74, 6) is 0.503. The van der Waals surface area contributed by atoms with E-state index in [1.165, 1.54) is 37.7 Å². The predicted molar refractivity (Wildman–Crippen MR) is 64.3 cm³/mol. The molecule has 2 rings (SSSR count). The van der Waals surface area contributed by atoms with Crippen LogP contribution < -0.4 is 0 Å². The Kier molecular flexibility index (Phi) is 4.58. The number of rotatable bonds is 0. The first kappa shape index (κ1) is 11.8. The van der Waals surface area contributed by atoms with Crippen LogP contribution in [0.25, 0.3) is 0 Å². The lowest BCUT2D eigenvalue weighted by atomic mass is 9.92. The van der Waals surface area contributed by atoms with Crippen LogP contribution in [0.3, 0.4) is 0 Å². The molecule has 1 unspecified atom stereocenters. The van der Waals surface area contributed by atoms with Gasteiger partial charge in [0.05, 0.1) is 19.1 Å². The summed E-state index contributed by atoms with van der Waals surface area (Å²) < 4.78 is 5.43. The lowest BCUT2D eigenvalue weighted by Crippen LogP contribution is -2.16. The van der Waals surface area contributed by atoms with Crippen molar-refractivity contribution in [2.45, 2.75) is 51.4 Å². The summed E-state index contributed by atoms with van der Waals surface area (Å²) in [6.07, 6.45) is 11.7. The molecule has 16 heavy (non-hydrogen) atoms. The summed E-state index contributed by atoms with van der Waals surface area (Å²) in [6, 6.07) is 0. The van der Waals surface area contributed by atoms with E-state index in [1.54, 1.807) is 0 Å². The van der Waals surface area contributed by atoms with Crippen molar-refractivity contribution < 1.29 is 9.53 Å². The fraction of sp³-hybridized carbons (Fsp3) is 0.786. The van der Waals surface area contributed by atoms with Crippen molar-refractivity contribution in [1.82, 2.24) is 0 Å². The molecule has 90 valence electrons. The third kappa shape index (κ3) is 3.18. The molecule has 0 bridgehead atoms. The van der Waals surface area contributed by atoms with E-state index in [4.69, 9.17) is 4.74 Å². The Morgan fingerprint density at radius 2 is 1.81 bits per heavy atom. The smallest absolute Gasteiger partial charge is 0.142 e. The van der Waals surface area contributed by atoms with Crippen LogP contribution in [-0.2, 0) is 9.53 Å². The predicted octanol–water partition coefficient (Wildman–Crippen LogP) is 3.26. The van der Waals surface area contributed by atoms with Gasteiger partial charge in [0, 0.05) is 6.42 Å². The highest BCUT2D eigenvalue weighted by atomic mass is 16.5. The Labute approximate surface area is 98.1 Å². The van der Waals surface area contributed by atoms with Crippen LogP contribution in [0.4, 0.5) is 0 Å². The minimum absolute atomic E-state index is 0.0967. The van der Waals surface area contributed by atoms with Gasteiger partial charge in [-0.25, -0.2) is 0 Å². The molecule has 0 aromatic carbocycles. The van der Waals surface area contributed by atoms with E-state index in [0.29, 0.717) is 19.0 Å². The largest absolute Gasteiger partial charge is 0.376 e. The maximum absolute atomic E-state index is 12.0. The van der Waals surface area contributed by atoms with Crippen molar-refractivity contribution in [1.29, 1.82) is 0 Å². The fourth-order valence-electron chi connectivity index (χ4n) is 2.62. The first-order chi connectivity index (χ1) is 7.88. The van der Waals surface area contributed by atoms with Gasteiger partial charge < -0.3 is 4.74 Å². The van der Waals surface area contributed by atoms with Crippen molar-refractivity contribution in [2.75, 3.05) is 13.2 Å². The van der Waals surface area contributed by atoms with Gasteiger partial charge in [-0.15, -0.1) is 0 Å². The average molecular weight is 222 g/mol. The topological polar surface area (TPSA) is 26.3 Å². The normalized spacial score (nSPS) is 28.9. The second-order valence-electron chi connectivity index (χ2n) is 4.97. The van der Waals surface area contributed by atoms with E-state index >= 15 is 0 Å². The number of ether oxygens (including phenoxy) is 1. The van der Waals surface area contributed by atoms with E-state index in [9.17, 15) is 4.79 Å². The molecular formula is C14H22O2. The summed E-state index contributed by atoms with van der Waals surface area (Å²) in [5, 5.41) is 0. The third-order valence-electron chi connectivity index (χ3n) is 3.67. The van der Waals surface area contributed by atoms with Gasteiger partial charge in [-0.2, -0.15) is 0 Å². The van der Waals surface area contributed by atoms with Gasteiger partial charge in [-0.3, -0.25) is 4.79 Å². The molecule has 1 heterocycles. The van der Waals surface area contributed by atoms with Crippen molar-refractivity contribution in [3.05, 3.63) is 11.6 Å². The summed E-state index contributed by atoms with van der Waals surface area (Å²) in [5.41, 5.74) is 1.26.